The molecule has 1 saturated heterocycles. The summed E-state index contributed by atoms with van der Waals surface area (Å²) in [5.41, 5.74) is 2.94. The van der Waals surface area contributed by atoms with Crippen molar-refractivity contribution in [3.05, 3.63) is 35.4 Å². The van der Waals surface area contributed by atoms with Crippen LogP contribution in [0, 0.1) is 0 Å². The van der Waals surface area contributed by atoms with E-state index in [4.69, 9.17) is 9.79 Å². The Morgan fingerprint density at radius 1 is 1.00 bits per heavy atom. The molecule has 1 saturated carbocycles. The van der Waals surface area contributed by atoms with Gasteiger partial charge in [0, 0.05) is 19.5 Å². The van der Waals surface area contributed by atoms with Crippen molar-refractivity contribution in [3.8, 4) is 0 Å². The zero-order valence-electron chi connectivity index (χ0n) is 16.5. The topological polar surface area (TPSA) is 87.1 Å². The lowest BCUT2D eigenvalue weighted by Gasteiger charge is -2.38. The fourth-order valence-corrected chi connectivity index (χ4v) is 4.27. The van der Waals surface area contributed by atoms with E-state index in [1.807, 2.05) is 0 Å². The zero-order valence-corrected chi connectivity index (χ0v) is 17.4. The molecule has 0 unspecified atom stereocenters. The summed E-state index contributed by atoms with van der Waals surface area (Å²) in [5, 5.41) is 0. The van der Waals surface area contributed by atoms with Crippen LogP contribution in [-0.2, 0) is 20.3 Å². The van der Waals surface area contributed by atoms with Gasteiger partial charge >= 0.3 is 7.82 Å². The highest BCUT2D eigenvalue weighted by Crippen LogP contribution is 2.40. The van der Waals surface area contributed by atoms with Crippen molar-refractivity contribution in [2.45, 2.75) is 76.2 Å². The molecule has 6 nitrogen and oxygen atoms in total. The first-order chi connectivity index (χ1) is 13.4. The number of aryl methyl sites for hydroxylation is 1. The molecule has 1 heterocycles. The molecule has 3 rings (SSSR count). The summed E-state index contributed by atoms with van der Waals surface area (Å²) < 4.78 is 15.3. The van der Waals surface area contributed by atoms with E-state index in [1.165, 1.54) is 43.2 Å². The van der Waals surface area contributed by atoms with Crippen LogP contribution < -0.4 is 0 Å². The van der Waals surface area contributed by atoms with E-state index in [-0.39, 0.29) is 19.0 Å². The maximum Gasteiger partial charge on any atom is 0.469 e. The summed E-state index contributed by atoms with van der Waals surface area (Å²) in [5.74, 6) is 0.886. The Balaban J connectivity index is 1.15. The van der Waals surface area contributed by atoms with E-state index in [2.05, 4.69) is 28.8 Å². The normalized spacial score (nSPS) is 17.6. The average molecular weight is 409 g/mol. The first kappa shape index (κ1) is 21.5. The van der Waals surface area contributed by atoms with Gasteiger partial charge in [-0.3, -0.25) is 9.32 Å². The van der Waals surface area contributed by atoms with E-state index >= 15 is 0 Å². The van der Waals surface area contributed by atoms with Crippen LogP contribution in [0.2, 0.25) is 0 Å². The van der Waals surface area contributed by atoms with Gasteiger partial charge in [0.2, 0.25) is 5.91 Å². The molecular formula is C21H32NO5P. The molecule has 2 N–H and O–H groups in total. The Kier molecular flexibility index (Phi) is 7.69. The third-order valence-electron chi connectivity index (χ3n) is 5.62. The molecule has 7 heteroatoms. The van der Waals surface area contributed by atoms with Gasteiger partial charge < -0.3 is 14.7 Å². The molecule has 1 aromatic rings. The summed E-state index contributed by atoms with van der Waals surface area (Å²) in [6, 6.07) is 9.15. The van der Waals surface area contributed by atoms with E-state index < -0.39 is 13.9 Å². The Morgan fingerprint density at radius 2 is 1.61 bits per heavy atom. The van der Waals surface area contributed by atoms with Gasteiger partial charge in [0.25, 0.3) is 0 Å². The van der Waals surface area contributed by atoms with Crippen molar-refractivity contribution >= 4 is 13.7 Å². The highest BCUT2D eigenvalue weighted by molar-refractivity contribution is 7.46. The second-order valence-corrected chi connectivity index (χ2v) is 9.35. The Labute approximate surface area is 167 Å². The molecule has 0 radical (unpaired) electrons. The number of likely N-dealkylation sites (tertiary alicyclic amines) is 1. The van der Waals surface area contributed by atoms with Crippen LogP contribution in [0.4, 0.5) is 0 Å². The van der Waals surface area contributed by atoms with Crippen LogP contribution >= 0.6 is 7.82 Å². The highest BCUT2D eigenvalue weighted by Gasteiger charge is 2.35. The fraction of sp³-hybridized carbons (Fsp3) is 0.667. The second-order valence-electron chi connectivity index (χ2n) is 8.15. The average Bonchev–Trinajstić information content (AvgIpc) is 3.44. The minimum absolute atomic E-state index is 0.0557. The molecule has 0 spiro atoms. The zero-order chi connectivity index (χ0) is 20.0. The first-order valence-corrected chi connectivity index (χ1v) is 12.0. The van der Waals surface area contributed by atoms with Crippen molar-refractivity contribution in [3.63, 3.8) is 0 Å². The summed E-state index contributed by atoms with van der Waals surface area (Å²) in [6.45, 7) is 0.567. The molecule has 1 aliphatic carbocycles. The lowest BCUT2D eigenvalue weighted by Crippen LogP contribution is -2.54. The number of nitrogens with zero attached hydrogens (tertiary/aromatic N) is 1. The van der Waals surface area contributed by atoms with Crippen LogP contribution in [-0.4, -0.2) is 39.8 Å². The summed E-state index contributed by atoms with van der Waals surface area (Å²) in [6.07, 6.45) is 10.6. The van der Waals surface area contributed by atoms with Gasteiger partial charge in [-0.15, -0.1) is 0 Å². The van der Waals surface area contributed by atoms with Gasteiger partial charge in [0.15, 0.2) is 0 Å². The quantitative estimate of drug-likeness (QED) is 0.400. The number of hydrogen-bond acceptors (Lipinski definition) is 3. The first-order valence-electron chi connectivity index (χ1n) is 10.5. The van der Waals surface area contributed by atoms with Gasteiger partial charge in [-0.1, -0.05) is 49.9 Å². The number of unbranched alkanes of at least 4 members (excludes halogenated alkanes) is 5. The summed E-state index contributed by atoms with van der Waals surface area (Å²) >= 11 is 0. The number of rotatable bonds is 12. The predicted molar refractivity (Wildman–Crippen MR) is 108 cm³/mol. The molecule has 0 bridgehead atoms. The molecule has 0 atom stereocenters. The number of benzene rings is 1. The number of phosphoric acid groups is 1. The molecule has 156 valence electrons. The van der Waals surface area contributed by atoms with Crippen LogP contribution in [0.3, 0.4) is 0 Å². The third-order valence-corrected chi connectivity index (χ3v) is 6.19. The van der Waals surface area contributed by atoms with Gasteiger partial charge in [-0.2, -0.15) is 0 Å². The lowest BCUT2D eigenvalue weighted by atomic mass is 10.0. The molecule has 1 aromatic carbocycles. The van der Waals surface area contributed by atoms with E-state index in [0.29, 0.717) is 6.42 Å². The van der Waals surface area contributed by atoms with E-state index in [0.717, 1.165) is 31.6 Å². The van der Waals surface area contributed by atoms with Crippen LogP contribution in [0.5, 0.6) is 0 Å². The molecule has 2 fully saturated rings. The van der Waals surface area contributed by atoms with Crippen molar-refractivity contribution in [2.24, 2.45) is 0 Å². The molecular weight excluding hydrogens is 377 g/mol. The highest BCUT2D eigenvalue weighted by atomic mass is 31.2. The van der Waals surface area contributed by atoms with Gasteiger partial charge in [-0.05, 0) is 49.1 Å². The van der Waals surface area contributed by atoms with Crippen molar-refractivity contribution in [1.82, 2.24) is 4.90 Å². The van der Waals surface area contributed by atoms with E-state index in [9.17, 15) is 9.36 Å². The summed E-state index contributed by atoms with van der Waals surface area (Å²) in [4.78, 5) is 31.0. The third kappa shape index (κ3) is 7.32. The largest absolute Gasteiger partial charge is 0.469 e. The van der Waals surface area contributed by atoms with Crippen molar-refractivity contribution in [1.29, 1.82) is 0 Å². The lowest BCUT2D eigenvalue weighted by molar-refractivity contribution is -0.140. The maximum atomic E-state index is 12.0. The Bertz CT molecular complexity index is 677. The maximum absolute atomic E-state index is 12.0. The molecule has 28 heavy (non-hydrogen) atoms. The van der Waals surface area contributed by atoms with Crippen molar-refractivity contribution < 1.29 is 23.7 Å². The SMILES string of the molecule is O=C(CCCCCCCCc1ccc(C2CC2)cc1)N1CC(OP(=O)(O)O)C1. The smallest absolute Gasteiger partial charge is 0.337 e. The monoisotopic (exact) mass is 409 g/mol. The number of phosphoric ester groups is 1. The summed E-state index contributed by atoms with van der Waals surface area (Å²) in [7, 11) is -4.45. The molecule has 0 aromatic heterocycles. The number of carbonyl (C=O) groups is 1. The molecule has 1 amide bonds. The van der Waals surface area contributed by atoms with Gasteiger partial charge in [-0.25, -0.2) is 4.57 Å². The van der Waals surface area contributed by atoms with Crippen LogP contribution in [0.15, 0.2) is 24.3 Å². The Hall–Kier alpha value is -1.20. The minimum atomic E-state index is -4.45. The predicted octanol–water partition coefficient (Wildman–Crippen LogP) is 4.16. The second kappa shape index (κ2) is 10.0. The number of hydrogen-bond donors (Lipinski definition) is 2. The van der Waals surface area contributed by atoms with Gasteiger partial charge in [0.1, 0.15) is 6.10 Å². The van der Waals surface area contributed by atoms with Gasteiger partial charge in [0.05, 0.1) is 0 Å². The number of amides is 1. The number of carbonyl (C=O) groups excluding carboxylic acids is 1. The van der Waals surface area contributed by atoms with Crippen molar-refractivity contribution in [2.75, 3.05) is 13.1 Å². The fourth-order valence-electron chi connectivity index (χ4n) is 3.75. The van der Waals surface area contributed by atoms with E-state index in [1.54, 1.807) is 4.90 Å². The standard InChI is InChI=1S/C21H32NO5P/c23-21(22-15-20(16-22)27-28(24,25)26)8-6-4-2-1-3-5-7-17-9-11-18(12-10-17)19-13-14-19/h9-12,19-20H,1-8,13-16H2,(H2,24,25,26). The Morgan fingerprint density at radius 3 is 2.21 bits per heavy atom. The minimum Gasteiger partial charge on any atom is -0.337 e. The molecule has 2 aliphatic rings. The molecule has 1 aliphatic heterocycles. The van der Waals surface area contributed by atoms with Crippen LogP contribution in [0.25, 0.3) is 0 Å². The van der Waals surface area contributed by atoms with Crippen LogP contribution in [0.1, 0.15) is 74.8 Å².